The highest BCUT2D eigenvalue weighted by Crippen LogP contribution is 2.17. The number of nitrogens with one attached hydrogen (secondary N) is 2. The molecule has 0 spiro atoms. The van der Waals surface area contributed by atoms with Crippen molar-refractivity contribution in [2.45, 2.75) is 6.04 Å². The van der Waals surface area contributed by atoms with E-state index in [9.17, 15) is 4.79 Å². The van der Waals surface area contributed by atoms with Crippen LogP contribution in [0.2, 0.25) is 0 Å². The van der Waals surface area contributed by atoms with Crippen LogP contribution in [0, 0.1) is 0 Å². The SMILES string of the molecule is CSC[C@H](NC(=O)Nc1nnc2ccccn12)c1ccccc1. The molecule has 1 aromatic carbocycles. The van der Waals surface area contributed by atoms with E-state index in [0.717, 1.165) is 11.3 Å². The van der Waals surface area contributed by atoms with Crippen LogP contribution in [0.5, 0.6) is 0 Å². The van der Waals surface area contributed by atoms with Crippen molar-refractivity contribution in [1.82, 2.24) is 19.9 Å². The Morgan fingerprint density at radius 2 is 1.96 bits per heavy atom. The third-order valence-electron chi connectivity index (χ3n) is 3.38. The molecule has 118 valence electrons. The molecule has 0 fully saturated rings. The standard InChI is InChI=1S/C16H17N5OS/c1-23-11-13(12-7-3-2-4-8-12)17-16(22)18-15-20-19-14-9-5-6-10-21(14)15/h2-10,13H,11H2,1H3,(H2,17,18,20,22)/t13-/m0/s1. The number of thioether (sulfide) groups is 1. The zero-order valence-electron chi connectivity index (χ0n) is 12.6. The molecule has 23 heavy (non-hydrogen) atoms. The highest BCUT2D eigenvalue weighted by Gasteiger charge is 2.15. The van der Waals surface area contributed by atoms with Crippen LogP contribution in [0.25, 0.3) is 5.65 Å². The summed E-state index contributed by atoms with van der Waals surface area (Å²) in [5.41, 5.74) is 1.76. The number of anilines is 1. The molecule has 0 saturated heterocycles. The minimum Gasteiger partial charge on any atom is -0.330 e. The molecule has 2 aromatic heterocycles. The molecule has 2 heterocycles. The number of aromatic nitrogens is 3. The minimum absolute atomic E-state index is 0.0645. The van der Waals surface area contributed by atoms with Gasteiger partial charge in [0, 0.05) is 11.9 Å². The van der Waals surface area contributed by atoms with Crippen LogP contribution in [-0.4, -0.2) is 32.6 Å². The number of benzene rings is 1. The van der Waals surface area contributed by atoms with Crippen LogP contribution in [0.4, 0.5) is 10.7 Å². The predicted molar refractivity (Wildman–Crippen MR) is 92.7 cm³/mol. The smallest absolute Gasteiger partial charge is 0.322 e. The van der Waals surface area contributed by atoms with Crippen LogP contribution in [0.1, 0.15) is 11.6 Å². The monoisotopic (exact) mass is 327 g/mol. The number of nitrogens with zero attached hydrogens (tertiary/aromatic N) is 3. The second kappa shape index (κ2) is 7.15. The lowest BCUT2D eigenvalue weighted by Crippen LogP contribution is -2.34. The van der Waals surface area contributed by atoms with E-state index in [-0.39, 0.29) is 12.1 Å². The molecule has 6 nitrogen and oxygen atoms in total. The summed E-state index contributed by atoms with van der Waals surface area (Å²) in [6.07, 6.45) is 3.82. The Morgan fingerprint density at radius 1 is 1.17 bits per heavy atom. The summed E-state index contributed by atoms with van der Waals surface area (Å²) in [6, 6.07) is 15.1. The first-order valence-electron chi connectivity index (χ1n) is 7.19. The summed E-state index contributed by atoms with van der Waals surface area (Å²) in [5.74, 6) is 1.19. The van der Waals surface area contributed by atoms with Gasteiger partial charge in [-0.3, -0.25) is 9.72 Å². The molecular formula is C16H17N5OS. The molecule has 0 bridgehead atoms. The number of urea groups is 1. The van der Waals surface area contributed by atoms with E-state index in [1.54, 1.807) is 16.2 Å². The van der Waals surface area contributed by atoms with Gasteiger partial charge in [-0.05, 0) is 24.0 Å². The number of fused-ring (bicyclic) bond motifs is 1. The van der Waals surface area contributed by atoms with Gasteiger partial charge in [0.15, 0.2) is 5.65 Å². The van der Waals surface area contributed by atoms with Gasteiger partial charge in [-0.15, -0.1) is 10.2 Å². The maximum absolute atomic E-state index is 12.3. The molecule has 0 aliphatic rings. The zero-order chi connectivity index (χ0) is 16.1. The first kappa shape index (κ1) is 15.4. The van der Waals surface area contributed by atoms with E-state index < -0.39 is 0 Å². The fourth-order valence-electron chi connectivity index (χ4n) is 2.30. The van der Waals surface area contributed by atoms with Crippen molar-refractivity contribution >= 4 is 29.4 Å². The summed E-state index contributed by atoms with van der Waals surface area (Å²) < 4.78 is 1.73. The molecule has 0 aliphatic carbocycles. The molecule has 3 rings (SSSR count). The Balaban J connectivity index is 1.72. The average molecular weight is 327 g/mol. The van der Waals surface area contributed by atoms with E-state index in [2.05, 4.69) is 20.8 Å². The quantitative estimate of drug-likeness (QED) is 0.756. The van der Waals surface area contributed by atoms with E-state index in [1.807, 2.05) is 61.0 Å². The van der Waals surface area contributed by atoms with Crippen molar-refractivity contribution in [3.05, 3.63) is 60.3 Å². The van der Waals surface area contributed by atoms with Crippen molar-refractivity contribution in [2.24, 2.45) is 0 Å². The van der Waals surface area contributed by atoms with Gasteiger partial charge >= 0.3 is 6.03 Å². The molecule has 3 aromatic rings. The van der Waals surface area contributed by atoms with Crippen molar-refractivity contribution in [1.29, 1.82) is 0 Å². The number of carbonyl (C=O) groups is 1. The van der Waals surface area contributed by atoms with Gasteiger partial charge in [-0.25, -0.2) is 4.79 Å². The van der Waals surface area contributed by atoms with E-state index in [1.165, 1.54) is 0 Å². The molecule has 2 amide bonds. The van der Waals surface area contributed by atoms with E-state index in [4.69, 9.17) is 0 Å². The van der Waals surface area contributed by atoms with Gasteiger partial charge in [0.1, 0.15) is 0 Å². The Labute approximate surface area is 138 Å². The van der Waals surface area contributed by atoms with Crippen LogP contribution in [0.3, 0.4) is 0 Å². The molecule has 0 unspecified atom stereocenters. The summed E-state index contributed by atoms with van der Waals surface area (Å²) in [4.78, 5) is 12.3. The molecule has 0 aliphatic heterocycles. The van der Waals surface area contributed by atoms with Gasteiger partial charge in [-0.2, -0.15) is 11.8 Å². The lowest BCUT2D eigenvalue weighted by atomic mass is 10.1. The lowest BCUT2D eigenvalue weighted by molar-refractivity contribution is 0.249. The Bertz CT molecular complexity index is 789. The zero-order valence-corrected chi connectivity index (χ0v) is 13.5. The lowest BCUT2D eigenvalue weighted by Gasteiger charge is -2.18. The largest absolute Gasteiger partial charge is 0.330 e. The number of pyridine rings is 1. The van der Waals surface area contributed by atoms with Crippen molar-refractivity contribution in [2.75, 3.05) is 17.3 Å². The molecule has 2 N–H and O–H groups in total. The van der Waals surface area contributed by atoms with Crippen LogP contribution in [-0.2, 0) is 0 Å². The third-order valence-corrected chi connectivity index (χ3v) is 4.05. The van der Waals surface area contributed by atoms with Crippen LogP contribution in [0.15, 0.2) is 54.7 Å². The summed E-state index contributed by atoms with van der Waals surface area (Å²) in [6.45, 7) is 0. The van der Waals surface area contributed by atoms with Crippen LogP contribution < -0.4 is 10.6 Å². The number of hydrogen-bond donors (Lipinski definition) is 2. The molecular weight excluding hydrogens is 310 g/mol. The van der Waals surface area contributed by atoms with Gasteiger partial charge in [-0.1, -0.05) is 36.4 Å². The topological polar surface area (TPSA) is 71.3 Å². The summed E-state index contributed by atoms with van der Waals surface area (Å²) in [5, 5.41) is 13.7. The molecule has 1 atom stereocenters. The third kappa shape index (κ3) is 3.62. The Hall–Kier alpha value is -2.54. The number of amides is 2. The highest BCUT2D eigenvalue weighted by molar-refractivity contribution is 7.98. The van der Waals surface area contributed by atoms with Crippen molar-refractivity contribution in [3.8, 4) is 0 Å². The molecule has 0 saturated carbocycles. The first-order valence-corrected chi connectivity index (χ1v) is 8.58. The maximum Gasteiger partial charge on any atom is 0.322 e. The van der Waals surface area contributed by atoms with E-state index >= 15 is 0 Å². The normalized spacial score (nSPS) is 12.0. The second-order valence-electron chi connectivity index (χ2n) is 4.97. The summed E-state index contributed by atoms with van der Waals surface area (Å²) in [7, 11) is 0. The first-order chi connectivity index (χ1) is 11.3. The average Bonchev–Trinajstić information content (AvgIpc) is 2.98. The Kier molecular flexibility index (Phi) is 4.77. The van der Waals surface area contributed by atoms with Gasteiger partial charge < -0.3 is 5.32 Å². The molecule has 0 radical (unpaired) electrons. The maximum atomic E-state index is 12.3. The van der Waals surface area contributed by atoms with Gasteiger partial charge in [0.25, 0.3) is 0 Å². The number of carbonyl (C=O) groups excluding carboxylic acids is 1. The van der Waals surface area contributed by atoms with Crippen molar-refractivity contribution < 1.29 is 4.79 Å². The fraction of sp³-hybridized carbons (Fsp3) is 0.188. The Morgan fingerprint density at radius 3 is 2.74 bits per heavy atom. The van der Waals surface area contributed by atoms with E-state index in [0.29, 0.717) is 11.6 Å². The van der Waals surface area contributed by atoms with Gasteiger partial charge in [0.05, 0.1) is 6.04 Å². The second-order valence-corrected chi connectivity index (χ2v) is 5.88. The predicted octanol–water partition coefficient (Wildman–Crippen LogP) is 2.96. The van der Waals surface area contributed by atoms with Crippen LogP contribution >= 0.6 is 11.8 Å². The minimum atomic E-state index is -0.300. The summed E-state index contributed by atoms with van der Waals surface area (Å²) >= 11 is 1.68. The van der Waals surface area contributed by atoms with Gasteiger partial charge in [0.2, 0.25) is 5.95 Å². The fourth-order valence-corrected chi connectivity index (χ4v) is 2.90. The molecule has 7 heteroatoms. The highest BCUT2D eigenvalue weighted by atomic mass is 32.2. The number of rotatable bonds is 5. The number of hydrogen-bond acceptors (Lipinski definition) is 4. The van der Waals surface area contributed by atoms with Crippen molar-refractivity contribution in [3.63, 3.8) is 0 Å².